The van der Waals surface area contributed by atoms with E-state index in [2.05, 4.69) is 26.1 Å². The Morgan fingerprint density at radius 3 is 2.65 bits per heavy atom. The van der Waals surface area contributed by atoms with Crippen LogP contribution in [0.3, 0.4) is 0 Å². The van der Waals surface area contributed by atoms with Crippen LogP contribution >= 0.6 is 0 Å². The second kappa shape index (κ2) is 10.6. The number of hydrogen-bond acceptors (Lipinski definition) is 2. The van der Waals surface area contributed by atoms with Gasteiger partial charge in [0.05, 0.1) is 0 Å². The minimum absolute atomic E-state index is 0.808. The van der Waals surface area contributed by atoms with Crippen LogP contribution in [-0.4, -0.2) is 26.8 Å². The van der Waals surface area contributed by atoms with Crippen LogP contribution in [-0.2, 0) is 4.74 Å². The molecule has 0 saturated heterocycles. The first kappa shape index (κ1) is 18.0. The number of rotatable bonds is 10. The van der Waals surface area contributed by atoms with Crippen LogP contribution in [0, 0.1) is 23.7 Å². The zero-order chi connectivity index (χ0) is 14.8. The lowest BCUT2D eigenvalue weighted by atomic mass is 9.67. The summed E-state index contributed by atoms with van der Waals surface area (Å²) < 4.78 is 5.30. The van der Waals surface area contributed by atoms with Gasteiger partial charge < -0.3 is 10.1 Å². The van der Waals surface area contributed by atoms with Crippen molar-refractivity contribution in [1.82, 2.24) is 5.32 Å². The Kier molecular flexibility index (Phi) is 9.54. The van der Waals surface area contributed by atoms with Crippen molar-refractivity contribution >= 4 is 0 Å². The lowest BCUT2D eigenvalue weighted by Gasteiger charge is -2.40. The van der Waals surface area contributed by atoms with Gasteiger partial charge in [-0.15, -0.1) is 0 Å². The highest BCUT2D eigenvalue weighted by Gasteiger charge is 2.32. The minimum atomic E-state index is 0.808. The van der Waals surface area contributed by atoms with Crippen molar-refractivity contribution in [2.24, 2.45) is 23.7 Å². The minimum Gasteiger partial charge on any atom is -0.385 e. The Balaban J connectivity index is 2.51. The maximum Gasteiger partial charge on any atom is 0.0464 e. The highest BCUT2D eigenvalue weighted by Crippen LogP contribution is 2.40. The van der Waals surface area contributed by atoms with Gasteiger partial charge in [0.25, 0.3) is 0 Å². The van der Waals surface area contributed by atoms with E-state index in [1.165, 1.54) is 58.0 Å². The fourth-order valence-corrected chi connectivity index (χ4v) is 3.96. The van der Waals surface area contributed by atoms with Gasteiger partial charge >= 0.3 is 0 Å². The predicted molar refractivity (Wildman–Crippen MR) is 88.0 cm³/mol. The van der Waals surface area contributed by atoms with Crippen molar-refractivity contribution in [2.45, 2.75) is 65.7 Å². The quantitative estimate of drug-likeness (QED) is 0.596. The fraction of sp³-hybridized carbons (Fsp3) is 1.00. The van der Waals surface area contributed by atoms with Gasteiger partial charge in [-0.05, 0) is 62.4 Å². The van der Waals surface area contributed by atoms with Gasteiger partial charge in [0.2, 0.25) is 0 Å². The third kappa shape index (κ3) is 6.13. The molecule has 0 radical (unpaired) electrons. The topological polar surface area (TPSA) is 21.3 Å². The van der Waals surface area contributed by atoms with E-state index >= 15 is 0 Å². The Morgan fingerprint density at radius 2 is 2.00 bits per heavy atom. The van der Waals surface area contributed by atoms with Gasteiger partial charge in [0.1, 0.15) is 0 Å². The molecule has 0 amide bonds. The molecule has 1 fully saturated rings. The maximum atomic E-state index is 5.30. The summed E-state index contributed by atoms with van der Waals surface area (Å²) in [6, 6.07) is 0. The van der Waals surface area contributed by atoms with Crippen LogP contribution in [0.15, 0.2) is 0 Å². The summed E-state index contributed by atoms with van der Waals surface area (Å²) in [6.45, 7) is 10.4. The van der Waals surface area contributed by atoms with E-state index < -0.39 is 0 Å². The van der Waals surface area contributed by atoms with Crippen LogP contribution < -0.4 is 5.32 Å². The summed E-state index contributed by atoms with van der Waals surface area (Å²) in [5.74, 6) is 3.58. The van der Waals surface area contributed by atoms with Crippen LogP contribution in [0.5, 0.6) is 0 Å². The van der Waals surface area contributed by atoms with E-state index in [0.29, 0.717) is 0 Å². The van der Waals surface area contributed by atoms with E-state index in [9.17, 15) is 0 Å². The number of methoxy groups -OCH3 is 1. The van der Waals surface area contributed by atoms with E-state index in [-0.39, 0.29) is 0 Å². The highest BCUT2D eigenvalue weighted by molar-refractivity contribution is 4.84. The molecular weight excluding hydrogens is 246 g/mol. The molecule has 1 aliphatic rings. The first-order chi connectivity index (χ1) is 9.72. The molecule has 0 bridgehead atoms. The second-order valence-electron chi connectivity index (χ2n) is 6.85. The first-order valence-corrected chi connectivity index (χ1v) is 8.92. The predicted octanol–water partition coefficient (Wildman–Crippen LogP) is 4.49. The van der Waals surface area contributed by atoms with Crippen molar-refractivity contribution in [3.8, 4) is 0 Å². The summed E-state index contributed by atoms with van der Waals surface area (Å²) in [4.78, 5) is 0. The van der Waals surface area contributed by atoms with Crippen molar-refractivity contribution in [3.63, 3.8) is 0 Å². The van der Waals surface area contributed by atoms with Crippen molar-refractivity contribution in [2.75, 3.05) is 26.8 Å². The van der Waals surface area contributed by atoms with Gasteiger partial charge in [0.15, 0.2) is 0 Å². The zero-order valence-electron chi connectivity index (χ0n) is 14.3. The third-order valence-electron chi connectivity index (χ3n) is 5.20. The maximum absolute atomic E-state index is 5.30. The van der Waals surface area contributed by atoms with Crippen molar-refractivity contribution in [1.29, 1.82) is 0 Å². The van der Waals surface area contributed by atoms with Crippen molar-refractivity contribution < 1.29 is 4.74 Å². The Hall–Kier alpha value is -0.0800. The van der Waals surface area contributed by atoms with E-state index in [1.807, 2.05) is 7.11 Å². The summed E-state index contributed by atoms with van der Waals surface area (Å²) >= 11 is 0. The van der Waals surface area contributed by atoms with Gasteiger partial charge in [-0.3, -0.25) is 0 Å². The smallest absolute Gasteiger partial charge is 0.0464 e. The summed E-state index contributed by atoms with van der Waals surface area (Å²) in [5, 5.41) is 3.66. The van der Waals surface area contributed by atoms with Crippen LogP contribution in [0.2, 0.25) is 0 Å². The molecule has 2 nitrogen and oxygen atoms in total. The third-order valence-corrected chi connectivity index (χ3v) is 5.20. The molecule has 0 aliphatic heterocycles. The molecule has 20 heavy (non-hydrogen) atoms. The fourth-order valence-electron chi connectivity index (χ4n) is 3.96. The molecule has 0 spiro atoms. The van der Waals surface area contributed by atoms with Gasteiger partial charge in [-0.1, -0.05) is 40.0 Å². The Labute approximate surface area is 127 Å². The number of hydrogen-bond donors (Lipinski definition) is 1. The van der Waals surface area contributed by atoms with Crippen LogP contribution in [0.1, 0.15) is 65.7 Å². The van der Waals surface area contributed by atoms with E-state index in [4.69, 9.17) is 4.74 Å². The summed E-state index contributed by atoms with van der Waals surface area (Å²) in [7, 11) is 1.83. The largest absolute Gasteiger partial charge is 0.385 e. The average molecular weight is 283 g/mol. The van der Waals surface area contributed by atoms with Gasteiger partial charge in [-0.2, -0.15) is 0 Å². The number of ether oxygens (including phenoxy) is 1. The standard InChI is InChI=1S/C18H37NO/c1-5-7-16-8-9-17(14-19-11-6-2)18(13-16)15(3)10-12-20-4/h15-19H,5-14H2,1-4H3. The molecule has 4 atom stereocenters. The van der Waals surface area contributed by atoms with Crippen LogP contribution in [0.25, 0.3) is 0 Å². The molecule has 1 N–H and O–H groups in total. The Morgan fingerprint density at radius 1 is 1.20 bits per heavy atom. The molecule has 0 heterocycles. The summed E-state index contributed by atoms with van der Waals surface area (Å²) in [5.41, 5.74) is 0. The van der Waals surface area contributed by atoms with E-state index in [1.54, 1.807) is 0 Å². The van der Waals surface area contributed by atoms with Gasteiger partial charge in [-0.25, -0.2) is 0 Å². The molecule has 120 valence electrons. The Bertz CT molecular complexity index is 231. The lowest BCUT2D eigenvalue weighted by molar-refractivity contribution is 0.0942. The normalized spacial score (nSPS) is 28.5. The highest BCUT2D eigenvalue weighted by atomic mass is 16.5. The first-order valence-electron chi connectivity index (χ1n) is 8.92. The molecule has 1 saturated carbocycles. The molecule has 1 aliphatic carbocycles. The molecule has 0 aromatic rings. The molecule has 4 unspecified atom stereocenters. The summed E-state index contributed by atoms with van der Waals surface area (Å²) in [6.07, 6.45) is 9.60. The van der Waals surface area contributed by atoms with Crippen LogP contribution in [0.4, 0.5) is 0 Å². The zero-order valence-corrected chi connectivity index (χ0v) is 14.3. The average Bonchev–Trinajstić information content (AvgIpc) is 2.46. The molecule has 2 heteroatoms. The molecular formula is C18H37NO. The molecule has 1 rings (SSSR count). The molecule has 0 aromatic carbocycles. The lowest BCUT2D eigenvalue weighted by Crippen LogP contribution is -2.36. The monoisotopic (exact) mass is 283 g/mol. The van der Waals surface area contributed by atoms with Gasteiger partial charge in [0, 0.05) is 13.7 Å². The van der Waals surface area contributed by atoms with Crippen molar-refractivity contribution in [3.05, 3.63) is 0 Å². The second-order valence-corrected chi connectivity index (χ2v) is 6.85. The molecule has 0 aromatic heterocycles. The van der Waals surface area contributed by atoms with E-state index in [0.717, 1.165) is 30.3 Å². The SMILES string of the molecule is CCCNCC1CCC(CCC)CC1C(C)CCOC. The number of nitrogens with one attached hydrogen (secondary N) is 1.